The van der Waals surface area contributed by atoms with Crippen LogP contribution in [0.2, 0.25) is 0 Å². The summed E-state index contributed by atoms with van der Waals surface area (Å²) in [5, 5.41) is 28.4. The first-order valence-electron chi connectivity index (χ1n) is 5.67. The van der Waals surface area contributed by atoms with Crippen molar-refractivity contribution in [3.63, 3.8) is 0 Å². The van der Waals surface area contributed by atoms with E-state index in [0.29, 0.717) is 0 Å². The predicted octanol–water partition coefficient (Wildman–Crippen LogP) is -1.29. The van der Waals surface area contributed by atoms with E-state index in [1.165, 1.54) is 12.3 Å². The molecule has 8 heteroatoms. The van der Waals surface area contributed by atoms with E-state index in [-0.39, 0.29) is 24.4 Å². The topological polar surface area (TPSA) is 122 Å². The van der Waals surface area contributed by atoms with Crippen LogP contribution < -0.4 is 11.4 Å². The summed E-state index contributed by atoms with van der Waals surface area (Å²) in [6.07, 6.45) is -1.88. The van der Waals surface area contributed by atoms with Crippen LogP contribution in [-0.4, -0.2) is 43.7 Å². The quantitative estimate of drug-likeness (QED) is 0.542. The average Bonchev–Trinajstić information content (AvgIpc) is 2.55. The largest absolute Gasteiger partial charge is 0.396 e. The molecule has 0 bridgehead atoms. The smallest absolute Gasteiger partial charge is 0.350 e. The Bertz CT molecular complexity index is 571. The molecule has 0 aromatic carbocycles. The Morgan fingerprint density at radius 2 is 2.16 bits per heavy atom. The molecule has 0 radical (unpaired) electrons. The van der Waals surface area contributed by atoms with Gasteiger partial charge in [0.25, 0.3) is 0 Å². The molecular weight excluding hydrogens is 257 g/mol. The molecule has 1 aromatic heterocycles. The fourth-order valence-electron chi connectivity index (χ4n) is 2.17. The Labute approximate surface area is 107 Å². The maximum Gasteiger partial charge on any atom is 0.350 e. The maximum atomic E-state index is 14.1. The Hall–Kier alpha value is -1.77. The van der Waals surface area contributed by atoms with Gasteiger partial charge in [0.05, 0.1) is 0 Å². The third kappa shape index (κ3) is 2.25. The zero-order valence-corrected chi connectivity index (χ0v) is 9.90. The van der Waals surface area contributed by atoms with Crippen molar-refractivity contribution in [2.75, 3.05) is 12.3 Å². The number of aliphatic hydroxyl groups excluding tert-OH is 3. The minimum absolute atomic E-state index is 0.0192. The molecule has 0 amide bonds. The van der Waals surface area contributed by atoms with Crippen LogP contribution in [-0.2, 0) is 0 Å². The molecule has 104 valence electrons. The molecule has 2 rings (SSSR count). The lowest BCUT2D eigenvalue weighted by Gasteiger charge is -2.19. The second kappa shape index (κ2) is 5.08. The predicted molar refractivity (Wildman–Crippen MR) is 63.8 cm³/mol. The number of nitrogens with zero attached hydrogens (tertiary/aromatic N) is 2. The molecule has 0 spiro atoms. The van der Waals surface area contributed by atoms with E-state index >= 15 is 0 Å². The van der Waals surface area contributed by atoms with Crippen LogP contribution in [0.5, 0.6) is 0 Å². The number of nitrogens with two attached hydrogens (primary N) is 1. The molecule has 0 unspecified atom stereocenters. The third-order valence-electron chi connectivity index (χ3n) is 3.10. The van der Waals surface area contributed by atoms with Gasteiger partial charge in [-0.05, 0) is 18.1 Å². The molecular formula is C11H14FN3O4. The van der Waals surface area contributed by atoms with Crippen LogP contribution in [0.3, 0.4) is 0 Å². The standard InChI is InChI=1S/C11H14FN3O4/c12-7-5(2-4-16)9(17)10(18)8(7)15-3-1-6(13)14-11(15)19/h1,3,8-10,16-18H,2,4H2,(H2,13,14,19)/t8-,9-,10+/m1/s1. The fraction of sp³-hybridized carbons (Fsp3) is 0.455. The first-order chi connectivity index (χ1) is 8.97. The number of anilines is 1. The van der Waals surface area contributed by atoms with Gasteiger partial charge in [-0.1, -0.05) is 0 Å². The van der Waals surface area contributed by atoms with Crippen molar-refractivity contribution >= 4 is 5.82 Å². The van der Waals surface area contributed by atoms with Gasteiger partial charge >= 0.3 is 5.69 Å². The van der Waals surface area contributed by atoms with Crippen LogP contribution in [0, 0.1) is 0 Å². The fourth-order valence-corrected chi connectivity index (χ4v) is 2.17. The molecule has 7 nitrogen and oxygen atoms in total. The summed E-state index contributed by atoms with van der Waals surface area (Å²) in [7, 11) is 0. The first kappa shape index (κ1) is 13.7. The van der Waals surface area contributed by atoms with Crippen LogP contribution >= 0.6 is 0 Å². The van der Waals surface area contributed by atoms with E-state index in [1.807, 2.05) is 0 Å². The van der Waals surface area contributed by atoms with Gasteiger partial charge in [-0.25, -0.2) is 9.18 Å². The molecule has 1 aliphatic rings. The maximum absolute atomic E-state index is 14.1. The Balaban J connectivity index is 2.47. The normalized spacial score (nSPS) is 27.1. The Kier molecular flexibility index (Phi) is 3.65. The second-order valence-electron chi connectivity index (χ2n) is 4.27. The molecule has 0 saturated carbocycles. The number of hydrogen-bond donors (Lipinski definition) is 4. The van der Waals surface area contributed by atoms with Gasteiger partial charge in [-0.3, -0.25) is 4.57 Å². The first-order valence-corrected chi connectivity index (χ1v) is 5.67. The highest BCUT2D eigenvalue weighted by molar-refractivity contribution is 5.30. The molecule has 0 aliphatic heterocycles. The number of halogens is 1. The number of nitrogen functional groups attached to an aromatic ring is 1. The van der Waals surface area contributed by atoms with Crippen molar-refractivity contribution in [2.24, 2.45) is 0 Å². The molecule has 5 N–H and O–H groups in total. The average molecular weight is 271 g/mol. The third-order valence-corrected chi connectivity index (χ3v) is 3.10. The molecule has 1 aromatic rings. The van der Waals surface area contributed by atoms with E-state index in [2.05, 4.69) is 4.98 Å². The van der Waals surface area contributed by atoms with E-state index in [4.69, 9.17) is 10.8 Å². The van der Waals surface area contributed by atoms with E-state index < -0.39 is 29.8 Å². The van der Waals surface area contributed by atoms with Crippen LogP contribution in [0.25, 0.3) is 0 Å². The van der Waals surface area contributed by atoms with Crippen LogP contribution in [0.15, 0.2) is 28.5 Å². The Morgan fingerprint density at radius 3 is 2.74 bits per heavy atom. The summed E-state index contributed by atoms with van der Waals surface area (Å²) < 4.78 is 15.0. The van der Waals surface area contributed by atoms with Crippen molar-refractivity contribution in [3.05, 3.63) is 34.1 Å². The number of rotatable bonds is 3. The van der Waals surface area contributed by atoms with E-state index in [0.717, 1.165) is 4.57 Å². The summed E-state index contributed by atoms with van der Waals surface area (Å²) in [5.74, 6) is -0.850. The highest BCUT2D eigenvalue weighted by Crippen LogP contribution is 2.37. The van der Waals surface area contributed by atoms with E-state index in [9.17, 15) is 19.4 Å². The number of hydrogen-bond acceptors (Lipinski definition) is 6. The zero-order chi connectivity index (χ0) is 14.2. The van der Waals surface area contributed by atoms with Gasteiger partial charge in [0.2, 0.25) is 0 Å². The summed E-state index contributed by atoms with van der Waals surface area (Å²) in [6, 6.07) is -0.0604. The summed E-state index contributed by atoms with van der Waals surface area (Å²) >= 11 is 0. The monoisotopic (exact) mass is 271 g/mol. The van der Waals surface area contributed by atoms with Gasteiger partial charge in [-0.15, -0.1) is 0 Å². The van der Waals surface area contributed by atoms with Gasteiger partial charge in [-0.2, -0.15) is 4.98 Å². The van der Waals surface area contributed by atoms with Gasteiger partial charge in [0, 0.05) is 12.8 Å². The van der Waals surface area contributed by atoms with Crippen molar-refractivity contribution in [1.29, 1.82) is 0 Å². The summed E-state index contributed by atoms with van der Waals surface area (Å²) in [5.41, 5.74) is 4.39. The molecule has 0 fully saturated rings. The highest BCUT2D eigenvalue weighted by atomic mass is 19.1. The SMILES string of the molecule is Nc1ccn([C@@H]2C(F)=C(CCO)[C@@H](O)[C@H]2O)c(=O)n1. The highest BCUT2D eigenvalue weighted by Gasteiger charge is 2.42. The van der Waals surface area contributed by atoms with Crippen LogP contribution in [0.4, 0.5) is 10.2 Å². The van der Waals surface area contributed by atoms with Crippen LogP contribution in [0.1, 0.15) is 12.5 Å². The van der Waals surface area contributed by atoms with Gasteiger partial charge in [0.15, 0.2) is 0 Å². The number of aromatic nitrogens is 2. The lowest BCUT2D eigenvalue weighted by molar-refractivity contribution is 0.0261. The molecule has 1 heterocycles. The molecule has 0 saturated heterocycles. The van der Waals surface area contributed by atoms with Gasteiger partial charge in [0.1, 0.15) is 29.9 Å². The zero-order valence-electron chi connectivity index (χ0n) is 9.90. The molecule has 19 heavy (non-hydrogen) atoms. The van der Waals surface area contributed by atoms with E-state index in [1.54, 1.807) is 0 Å². The van der Waals surface area contributed by atoms with Crippen molar-refractivity contribution in [3.8, 4) is 0 Å². The second-order valence-corrected chi connectivity index (χ2v) is 4.27. The summed E-state index contributed by atoms with van der Waals surface area (Å²) in [6.45, 7) is -0.367. The molecule has 3 atom stereocenters. The lowest BCUT2D eigenvalue weighted by atomic mass is 10.1. The minimum atomic E-state index is -1.51. The Morgan fingerprint density at radius 1 is 1.47 bits per heavy atom. The van der Waals surface area contributed by atoms with Crippen molar-refractivity contribution < 1.29 is 19.7 Å². The lowest BCUT2D eigenvalue weighted by Crippen LogP contribution is -2.36. The summed E-state index contributed by atoms with van der Waals surface area (Å²) in [4.78, 5) is 15.1. The van der Waals surface area contributed by atoms with Crippen molar-refractivity contribution in [1.82, 2.24) is 9.55 Å². The number of aliphatic hydroxyl groups is 3. The van der Waals surface area contributed by atoms with Gasteiger partial charge < -0.3 is 21.1 Å². The minimum Gasteiger partial charge on any atom is -0.396 e. The molecule has 1 aliphatic carbocycles. The van der Waals surface area contributed by atoms with Crippen molar-refractivity contribution in [2.45, 2.75) is 24.7 Å².